The fourth-order valence-corrected chi connectivity index (χ4v) is 6.00. The number of nitrogens with zero attached hydrogens (tertiary/aromatic N) is 3. The fourth-order valence-electron chi connectivity index (χ4n) is 3.89. The summed E-state index contributed by atoms with van der Waals surface area (Å²) in [6.07, 6.45) is 1.90. The molecule has 26 heavy (non-hydrogen) atoms. The van der Waals surface area contributed by atoms with Gasteiger partial charge < -0.3 is 14.4 Å². The van der Waals surface area contributed by atoms with Crippen molar-refractivity contribution in [1.82, 2.24) is 14.7 Å². The van der Waals surface area contributed by atoms with Crippen LogP contribution < -0.4 is 0 Å². The molecule has 2 aromatic rings. The first-order valence-corrected chi connectivity index (χ1v) is 11.0. The van der Waals surface area contributed by atoms with Gasteiger partial charge in [0.1, 0.15) is 0 Å². The van der Waals surface area contributed by atoms with Crippen LogP contribution in [0.4, 0.5) is 0 Å². The van der Waals surface area contributed by atoms with Crippen molar-refractivity contribution in [1.29, 1.82) is 0 Å². The number of carbonyl (C=O) groups excluding carboxylic acids is 1. The molecule has 5 rings (SSSR count). The lowest BCUT2D eigenvalue weighted by Crippen LogP contribution is -2.41. The molecule has 0 spiro atoms. The van der Waals surface area contributed by atoms with Crippen molar-refractivity contribution in [2.45, 2.75) is 28.8 Å². The summed E-state index contributed by atoms with van der Waals surface area (Å²) in [6, 6.07) is 2.48. The van der Waals surface area contributed by atoms with Crippen molar-refractivity contribution in [3.63, 3.8) is 0 Å². The molecular formula is C18H21N3O3S2. The van der Waals surface area contributed by atoms with E-state index in [9.17, 15) is 4.79 Å². The summed E-state index contributed by atoms with van der Waals surface area (Å²) < 4.78 is 14.4. The van der Waals surface area contributed by atoms with Crippen LogP contribution in [0.3, 0.4) is 0 Å². The van der Waals surface area contributed by atoms with Gasteiger partial charge in [0.15, 0.2) is 5.69 Å². The molecule has 0 unspecified atom stereocenters. The molecule has 6 nitrogen and oxygen atoms in total. The van der Waals surface area contributed by atoms with E-state index in [1.165, 1.54) is 9.77 Å². The highest BCUT2D eigenvalue weighted by Gasteiger charge is 2.34. The Bertz CT molecular complexity index is 820. The Morgan fingerprint density at radius 3 is 2.73 bits per heavy atom. The SMILES string of the molecule is O=C(c1nn(C2CCOCC2)c2c1CSc1sccc1-2)N1CCOCC1. The zero-order valence-electron chi connectivity index (χ0n) is 14.5. The van der Waals surface area contributed by atoms with Gasteiger partial charge in [0, 0.05) is 43.2 Å². The molecule has 2 fully saturated rings. The van der Waals surface area contributed by atoms with Crippen LogP contribution >= 0.6 is 23.1 Å². The number of thioether (sulfide) groups is 1. The first-order valence-electron chi connectivity index (χ1n) is 9.09. The third-order valence-electron chi connectivity index (χ3n) is 5.28. The van der Waals surface area contributed by atoms with Crippen LogP contribution in [0, 0.1) is 0 Å². The highest BCUT2D eigenvalue weighted by molar-refractivity contribution is 8.00. The van der Waals surface area contributed by atoms with Crippen molar-refractivity contribution in [3.8, 4) is 11.3 Å². The molecule has 0 radical (unpaired) electrons. The molecule has 0 saturated carbocycles. The Labute approximate surface area is 160 Å². The minimum absolute atomic E-state index is 0.0506. The summed E-state index contributed by atoms with van der Waals surface area (Å²) in [4.78, 5) is 15.1. The van der Waals surface area contributed by atoms with Gasteiger partial charge in [-0.2, -0.15) is 5.10 Å². The lowest BCUT2D eigenvalue weighted by Gasteiger charge is -2.26. The number of ether oxygens (including phenoxy) is 2. The third-order valence-corrected chi connectivity index (χ3v) is 7.54. The van der Waals surface area contributed by atoms with Gasteiger partial charge in [-0.25, -0.2) is 0 Å². The first-order chi connectivity index (χ1) is 12.8. The van der Waals surface area contributed by atoms with E-state index >= 15 is 0 Å². The van der Waals surface area contributed by atoms with Crippen molar-refractivity contribution < 1.29 is 14.3 Å². The summed E-state index contributed by atoms with van der Waals surface area (Å²) in [5.41, 5.74) is 4.13. The quantitative estimate of drug-likeness (QED) is 0.788. The highest BCUT2D eigenvalue weighted by Crippen LogP contribution is 2.47. The smallest absolute Gasteiger partial charge is 0.274 e. The third kappa shape index (κ3) is 2.79. The van der Waals surface area contributed by atoms with Gasteiger partial charge >= 0.3 is 0 Å². The molecule has 0 aliphatic carbocycles. The molecular weight excluding hydrogens is 370 g/mol. The van der Waals surface area contributed by atoms with E-state index in [1.807, 2.05) is 16.7 Å². The summed E-state index contributed by atoms with van der Waals surface area (Å²) in [6.45, 7) is 4.04. The Kier molecular flexibility index (Phi) is 4.52. The van der Waals surface area contributed by atoms with Gasteiger partial charge in [-0.05, 0) is 24.3 Å². The maximum atomic E-state index is 13.2. The van der Waals surface area contributed by atoms with Crippen LogP contribution in [0.15, 0.2) is 15.7 Å². The topological polar surface area (TPSA) is 56.6 Å². The summed E-state index contributed by atoms with van der Waals surface area (Å²) >= 11 is 3.60. The number of rotatable bonds is 2. The summed E-state index contributed by atoms with van der Waals surface area (Å²) in [5.74, 6) is 0.868. The number of fused-ring (bicyclic) bond motifs is 3. The van der Waals surface area contributed by atoms with E-state index in [0.717, 1.165) is 43.1 Å². The van der Waals surface area contributed by atoms with E-state index in [-0.39, 0.29) is 5.91 Å². The van der Waals surface area contributed by atoms with Crippen LogP contribution in [0.5, 0.6) is 0 Å². The lowest BCUT2D eigenvalue weighted by atomic mass is 10.1. The predicted octanol–water partition coefficient (Wildman–Crippen LogP) is 3.04. The molecule has 0 aromatic carbocycles. The summed E-state index contributed by atoms with van der Waals surface area (Å²) in [7, 11) is 0. The van der Waals surface area contributed by atoms with E-state index in [4.69, 9.17) is 14.6 Å². The number of morpholine rings is 1. The Hall–Kier alpha value is -1.35. The fraction of sp³-hybridized carbons (Fsp3) is 0.556. The van der Waals surface area contributed by atoms with Crippen LogP contribution in [0.2, 0.25) is 0 Å². The zero-order valence-corrected chi connectivity index (χ0v) is 16.1. The molecule has 0 N–H and O–H groups in total. The van der Waals surface area contributed by atoms with Crippen molar-refractivity contribution in [3.05, 3.63) is 22.7 Å². The van der Waals surface area contributed by atoms with E-state index in [1.54, 1.807) is 11.3 Å². The Morgan fingerprint density at radius 2 is 1.92 bits per heavy atom. The molecule has 3 aliphatic heterocycles. The lowest BCUT2D eigenvalue weighted by molar-refractivity contribution is 0.0296. The average molecular weight is 392 g/mol. The maximum absolute atomic E-state index is 13.2. The predicted molar refractivity (Wildman–Crippen MR) is 101 cm³/mol. The van der Waals surface area contributed by atoms with Gasteiger partial charge in [0.05, 0.1) is 29.2 Å². The molecule has 138 valence electrons. The molecule has 8 heteroatoms. The van der Waals surface area contributed by atoms with Gasteiger partial charge in [0.2, 0.25) is 0 Å². The van der Waals surface area contributed by atoms with E-state index in [2.05, 4.69) is 16.1 Å². The number of hydrogen-bond acceptors (Lipinski definition) is 6. The van der Waals surface area contributed by atoms with E-state index < -0.39 is 0 Å². The molecule has 3 aliphatic rings. The van der Waals surface area contributed by atoms with Gasteiger partial charge in [-0.15, -0.1) is 23.1 Å². The Balaban J connectivity index is 1.59. The number of hydrogen-bond donors (Lipinski definition) is 0. The maximum Gasteiger partial charge on any atom is 0.274 e. The van der Waals surface area contributed by atoms with Crippen LogP contribution in [0.1, 0.15) is 34.9 Å². The van der Waals surface area contributed by atoms with Crippen LogP contribution in [-0.2, 0) is 15.2 Å². The molecule has 0 atom stereocenters. The standard InChI is InChI=1S/C18H21N3O3S2/c22-17(20-4-8-24-9-5-20)15-14-11-26-18-13(3-10-25-18)16(14)21(19-15)12-1-6-23-7-2-12/h3,10,12H,1-2,4-9,11H2. The molecule has 0 bridgehead atoms. The van der Waals surface area contributed by atoms with Gasteiger partial charge in [-0.3, -0.25) is 9.48 Å². The van der Waals surface area contributed by atoms with Gasteiger partial charge in [-0.1, -0.05) is 0 Å². The average Bonchev–Trinajstić information content (AvgIpc) is 3.33. The van der Waals surface area contributed by atoms with Crippen LogP contribution in [0.25, 0.3) is 11.3 Å². The number of aromatic nitrogens is 2. The second-order valence-electron chi connectivity index (χ2n) is 6.78. The molecule has 1 amide bonds. The number of carbonyl (C=O) groups is 1. The molecule has 5 heterocycles. The second-order valence-corrected chi connectivity index (χ2v) is 8.94. The molecule has 2 aromatic heterocycles. The Morgan fingerprint density at radius 1 is 1.15 bits per heavy atom. The highest BCUT2D eigenvalue weighted by atomic mass is 32.2. The zero-order chi connectivity index (χ0) is 17.5. The minimum atomic E-state index is 0.0506. The van der Waals surface area contributed by atoms with Crippen molar-refractivity contribution in [2.24, 2.45) is 0 Å². The normalized spacial score (nSPS) is 20.7. The largest absolute Gasteiger partial charge is 0.381 e. The number of amides is 1. The minimum Gasteiger partial charge on any atom is -0.381 e. The van der Waals surface area contributed by atoms with Crippen LogP contribution in [-0.4, -0.2) is 60.1 Å². The van der Waals surface area contributed by atoms with Crippen molar-refractivity contribution >= 4 is 29.0 Å². The van der Waals surface area contributed by atoms with Gasteiger partial charge in [0.25, 0.3) is 5.91 Å². The first kappa shape index (κ1) is 16.8. The van der Waals surface area contributed by atoms with E-state index in [0.29, 0.717) is 38.0 Å². The van der Waals surface area contributed by atoms with Crippen molar-refractivity contribution in [2.75, 3.05) is 39.5 Å². The second kappa shape index (κ2) is 6.99. The molecule has 2 saturated heterocycles. The summed E-state index contributed by atoms with van der Waals surface area (Å²) in [5, 5.41) is 7.03. The monoisotopic (exact) mass is 391 g/mol. The number of thiophene rings is 1.